The van der Waals surface area contributed by atoms with E-state index in [9.17, 15) is 5.11 Å². The van der Waals surface area contributed by atoms with Gasteiger partial charge in [0.1, 0.15) is 0 Å². The second-order valence-electron chi connectivity index (χ2n) is 4.28. The Morgan fingerprint density at radius 3 is 2.75 bits per heavy atom. The van der Waals surface area contributed by atoms with Crippen molar-refractivity contribution in [2.24, 2.45) is 0 Å². The average molecular weight is 241 g/mol. The van der Waals surface area contributed by atoms with Gasteiger partial charge in [0, 0.05) is 0 Å². The maximum absolute atomic E-state index is 9.63. The topological polar surface area (TPSA) is 29.5 Å². The summed E-state index contributed by atoms with van der Waals surface area (Å²) >= 11 is 6.12. The average Bonchev–Trinajstić information content (AvgIpc) is 2.32. The Balaban J connectivity index is 1.85. The maximum Gasteiger partial charge on any atom is 0.0856 e. The molecule has 3 atom stereocenters. The summed E-state index contributed by atoms with van der Waals surface area (Å²) in [7, 11) is 0. The van der Waals surface area contributed by atoms with Crippen LogP contribution in [0.4, 0.5) is 0 Å². The normalized spacial score (nSPS) is 30.2. The van der Waals surface area contributed by atoms with E-state index in [1.807, 2.05) is 30.3 Å². The quantitative estimate of drug-likeness (QED) is 0.824. The van der Waals surface area contributed by atoms with Crippen molar-refractivity contribution < 1.29 is 9.84 Å². The first-order valence-electron chi connectivity index (χ1n) is 5.75. The lowest BCUT2D eigenvalue weighted by Crippen LogP contribution is -2.38. The fraction of sp³-hybridized carbons (Fsp3) is 0.538. The molecule has 1 aromatic rings. The van der Waals surface area contributed by atoms with Crippen LogP contribution >= 0.6 is 11.6 Å². The lowest BCUT2D eigenvalue weighted by Gasteiger charge is -2.31. The third kappa shape index (κ3) is 2.97. The molecule has 88 valence electrons. The SMILES string of the molecule is O[C@H]1CCC[C@@H](OCc2ccccc2)[C@H]1Cl. The molecule has 0 unspecified atom stereocenters. The highest BCUT2D eigenvalue weighted by Crippen LogP contribution is 2.26. The van der Waals surface area contributed by atoms with Gasteiger partial charge in [0.25, 0.3) is 0 Å². The second-order valence-corrected chi connectivity index (χ2v) is 4.78. The Morgan fingerprint density at radius 1 is 1.25 bits per heavy atom. The number of benzene rings is 1. The number of aliphatic hydroxyl groups excluding tert-OH is 1. The van der Waals surface area contributed by atoms with Crippen molar-refractivity contribution in [2.75, 3.05) is 0 Å². The molecule has 0 aromatic heterocycles. The fourth-order valence-corrected chi connectivity index (χ4v) is 2.37. The Bertz CT molecular complexity index is 315. The standard InChI is InChI=1S/C13H17ClO2/c14-13-11(15)7-4-8-12(13)16-9-10-5-2-1-3-6-10/h1-3,5-6,11-13,15H,4,7-9H2/t11-,12+,13-/m0/s1. The van der Waals surface area contributed by atoms with Crippen LogP contribution < -0.4 is 0 Å². The minimum atomic E-state index is -0.420. The van der Waals surface area contributed by atoms with Gasteiger partial charge in [-0.05, 0) is 24.8 Å². The van der Waals surface area contributed by atoms with Gasteiger partial charge in [-0.15, -0.1) is 11.6 Å². The Morgan fingerprint density at radius 2 is 2.00 bits per heavy atom. The number of rotatable bonds is 3. The van der Waals surface area contributed by atoms with E-state index in [4.69, 9.17) is 16.3 Å². The van der Waals surface area contributed by atoms with Gasteiger partial charge >= 0.3 is 0 Å². The van der Waals surface area contributed by atoms with Crippen LogP contribution in [-0.2, 0) is 11.3 Å². The predicted octanol–water partition coefficient (Wildman–Crippen LogP) is 2.72. The minimum Gasteiger partial charge on any atom is -0.391 e. The summed E-state index contributed by atoms with van der Waals surface area (Å²) in [6, 6.07) is 10.0. The molecule has 3 heteroatoms. The number of alkyl halides is 1. The second kappa shape index (κ2) is 5.67. The first kappa shape index (κ1) is 11.9. The molecule has 1 fully saturated rings. The molecule has 1 aromatic carbocycles. The van der Waals surface area contributed by atoms with Crippen LogP contribution in [0.2, 0.25) is 0 Å². The van der Waals surface area contributed by atoms with E-state index in [-0.39, 0.29) is 11.5 Å². The van der Waals surface area contributed by atoms with E-state index < -0.39 is 6.10 Å². The number of hydrogen-bond acceptors (Lipinski definition) is 2. The summed E-state index contributed by atoms with van der Waals surface area (Å²) < 4.78 is 5.76. The van der Waals surface area contributed by atoms with Crippen LogP contribution in [0.25, 0.3) is 0 Å². The highest BCUT2D eigenvalue weighted by atomic mass is 35.5. The van der Waals surface area contributed by atoms with Crippen LogP contribution in [-0.4, -0.2) is 22.7 Å². The molecule has 0 saturated heterocycles. The van der Waals surface area contributed by atoms with Gasteiger partial charge < -0.3 is 9.84 Å². The first-order chi connectivity index (χ1) is 7.77. The number of halogens is 1. The fourth-order valence-electron chi connectivity index (χ4n) is 2.05. The lowest BCUT2D eigenvalue weighted by molar-refractivity contribution is -0.0187. The van der Waals surface area contributed by atoms with Crippen molar-refractivity contribution >= 4 is 11.6 Å². The molecular formula is C13H17ClO2. The highest BCUT2D eigenvalue weighted by Gasteiger charge is 2.30. The van der Waals surface area contributed by atoms with E-state index in [0.29, 0.717) is 6.61 Å². The summed E-state index contributed by atoms with van der Waals surface area (Å²) in [6.07, 6.45) is 2.28. The van der Waals surface area contributed by atoms with Crippen LogP contribution in [0.5, 0.6) is 0 Å². The van der Waals surface area contributed by atoms with Crippen LogP contribution in [0, 0.1) is 0 Å². The van der Waals surface area contributed by atoms with Gasteiger partial charge in [-0.2, -0.15) is 0 Å². The third-order valence-corrected chi connectivity index (χ3v) is 3.59. The van der Waals surface area contributed by atoms with Gasteiger partial charge in [0.2, 0.25) is 0 Å². The van der Waals surface area contributed by atoms with Crippen LogP contribution in [0.1, 0.15) is 24.8 Å². The molecule has 2 rings (SSSR count). The molecule has 0 heterocycles. The molecule has 1 aliphatic carbocycles. The Kier molecular flexibility index (Phi) is 4.22. The number of aliphatic hydroxyl groups is 1. The largest absolute Gasteiger partial charge is 0.391 e. The van der Waals surface area contributed by atoms with E-state index >= 15 is 0 Å². The molecule has 0 amide bonds. The molecule has 2 nitrogen and oxygen atoms in total. The Labute approximate surface area is 101 Å². The third-order valence-electron chi connectivity index (χ3n) is 3.02. The summed E-state index contributed by atoms with van der Waals surface area (Å²) in [5.74, 6) is 0. The summed E-state index contributed by atoms with van der Waals surface area (Å²) in [5.41, 5.74) is 1.14. The highest BCUT2D eigenvalue weighted by molar-refractivity contribution is 6.21. The minimum absolute atomic E-state index is 0.0226. The summed E-state index contributed by atoms with van der Waals surface area (Å²) in [5, 5.41) is 9.37. The van der Waals surface area contributed by atoms with Gasteiger partial charge in [-0.3, -0.25) is 0 Å². The Hall–Kier alpha value is -0.570. The molecule has 0 bridgehead atoms. The van der Waals surface area contributed by atoms with Crippen molar-refractivity contribution in [3.63, 3.8) is 0 Å². The summed E-state index contributed by atoms with van der Waals surface area (Å²) in [4.78, 5) is 0. The molecule has 0 aliphatic heterocycles. The van der Waals surface area contributed by atoms with Gasteiger partial charge in [0.15, 0.2) is 0 Å². The van der Waals surface area contributed by atoms with Crippen LogP contribution in [0.3, 0.4) is 0 Å². The van der Waals surface area contributed by atoms with Crippen molar-refractivity contribution in [3.05, 3.63) is 35.9 Å². The van der Waals surface area contributed by atoms with Crippen LogP contribution in [0.15, 0.2) is 30.3 Å². The molecule has 1 saturated carbocycles. The molecule has 1 aliphatic rings. The molecule has 0 radical (unpaired) electrons. The van der Waals surface area contributed by atoms with Crippen molar-refractivity contribution in [1.29, 1.82) is 0 Å². The van der Waals surface area contributed by atoms with Gasteiger partial charge in [-0.25, -0.2) is 0 Å². The van der Waals surface area contributed by atoms with Crippen molar-refractivity contribution in [3.8, 4) is 0 Å². The number of ether oxygens (including phenoxy) is 1. The monoisotopic (exact) mass is 240 g/mol. The van der Waals surface area contributed by atoms with Crippen molar-refractivity contribution in [1.82, 2.24) is 0 Å². The van der Waals surface area contributed by atoms with Gasteiger partial charge in [-0.1, -0.05) is 30.3 Å². The van der Waals surface area contributed by atoms with Crippen molar-refractivity contribution in [2.45, 2.75) is 43.5 Å². The van der Waals surface area contributed by atoms with E-state index in [1.54, 1.807) is 0 Å². The zero-order valence-corrected chi connectivity index (χ0v) is 9.94. The zero-order valence-electron chi connectivity index (χ0n) is 9.18. The number of hydrogen-bond donors (Lipinski definition) is 1. The molecular weight excluding hydrogens is 224 g/mol. The van der Waals surface area contributed by atoms with E-state index in [1.165, 1.54) is 0 Å². The first-order valence-corrected chi connectivity index (χ1v) is 6.18. The van der Waals surface area contributed by atoms with Gasteiger partial charge in [0.05, 0.1) is 24.2 Å². The summed E-state index contributed by atoms with van der Waals surface area (Å²) in [6.45, 7) is 0.571. The molecule has 1 N–H and O–H groups in total. The predicted molar refractivity (Wildman–Crippen MR) is 64.5 cm³/mol. The van der Waals surface area contributed by atoms with E-state index in [2.05, 4.69) is 0 Å². The smallest absolute Gasteiger partial charge is 0.0856 e. The van der Waals surface area contributed by atoms with E-state index in [0.717, 1.165) is 24.8 Å². The molecule has 16 heavy (non-hydrogen) atoms. The maximum atomic E-state index is 9.63. The molecule has 0 spiro atoms. The lowest BCUT2D eigenvalue weighted by atomic mass is 9.94. The zero-order chi connectivity index (χ0) is 11.4.